The Bertz CT molecular complexity index is 1110. The molecule has 2 aromatic carbocycles. The third-order valence-corrected chi connectivity index (χ3v) is 6.60. The Morgan fingerprint density at radius 3 is 2.24 bits per heavy atom. The van der Waals surface area contributed by atoms with Gasteiger partial charge in [0.25, 0.3) is 20.0 Å². The molecule has 3 aromatic rings. The number of hydrogen-bond acceptors (Lipinski definition) is 4. The minimum Gasteiger partial charge on any atom is -0.280 e. The molecule has 0 saturated carbocycles. The van der Waals surface area contributed by atoms with Crippen molar-refractivity contribution in [2.45, 2.75) is 9.79 Å². The topological polar surface area (TPSA) is 85.2 Å². The Hall–Kier alpha value is -2.29. The summed E-state index contributed by atoms with van der Waals surface area (Å²) < 4.78 is 53.1. The highest BCUT2D eigenvalue weighted by Crippen LogP contribution is 2.21. The van der Waals surface area contributed by atoms with Crippen LogP contribution in [0.25, 0.3) is 0 Å². The number of nitrogens with one attached hydrogen (secondary N) is 1. The molecule has 9 heteroatoms. The van der Waals surface area contributed by atoms with Gasteiger partial charge in [0.05, 0.1) is 10.6 Å². The lowest BCUT2D eigenvalue weighted by Crippen LogP contribution is -2.14. The normalized spacial score (nSPS) is 12.0. The summed E-state index contributed by atoms with van der Waals surface area (Å²) in [6.07, 6.45) is 2.24. The molecule has 0 aliphatic carbocycles. The number of rotatable bonds is 5. The summed E-state index contributed by atoms with van der Waals surface area (Å²) in [5.41, 5.74) is 0.283. The van der Waals surface area contributed by atoms with Crippen LogP contribution in [0.3, 0.4) is 0 Å². The predicted octanol–water partition coefficient (Wildman–Crippen LogP) is 3.18. The fourth-order valence-electron chi connectivity index (χ4n) is 2.15. The van der Waals surface area contributed by atoms with E-state index in [1.807, 2.05) is 0 Å². The molecule has 0 atom stereocenters. The summed E-state index contributed by atoms with van der Waals surface area (Å²) in [6.45, 7) is 0. The Morgan fingerprint density at radius 1 is 0.840 bits per heavy atom. The van der Waals surface area contributed by atoms with Crippen LogP contribution < -0.4 is 4.72 Å². The molecule has 6 nitrogen and oxygen atoms in total. The van der Waals surface area contributed by atoms with E-state index < -0.39 is 20.0 Å². The van der Waals surface area contributed by atoms with E-state index in [1.54, 1.807) is 36.4 Å². The van der Waals surface area contributed by atoms with Gasteiger partial charge in [-0.3, -0.25) is 4.72 Å². The highest BCUT2D eigenvalue weighted by molar-refractivity contribution is 7.93. The zero-order chi connectivity index (χ0) is 18.1. The van der Waals surface area contributed by atoms with Crippen molar-refractivity contribution in [1.29, 1.82) is 0 Å². The number of halogens is 1. The molecule has 1 aromatic heterocycles. The Balaban J connectivity index is 1.93. The van der Waals surface area contributed by atoms with E-state index in [2.05, 4.69) is 4.72 Å². The summed E-state index contributed by atoms with van der Waals surface area (Å²) in [7, 11) is -7.80. The fourth-order valence-corrected chi connectivity index (χ4v) is 4.67. The molecule has 1 heterocycles. The van der Waals surface area contributed by atoms with Crippen molar-refractivity contribution in [1.82, 2.24) is 3.97 Å². The van der Waals surface area contributed by atoms with E-state index in [4.69, 9.17) is 11.6 Å². The summed E-state index contributed by atoms with van der Waals surface area (Å²) in [5, 5.41) is 0.379. The highest BCUT2D eigenvalue weighted by atomic mass is 35.5. The lowest BCUT2D eigenvalue weighted by atomic mass is 10.3. The van der Waals surface area contributed by atoms with E-state index in [9.17, 15) is 16.8 Å². The average molecular weight is 397 g/mol. The van der Waals surface area contributed by atoms with Crippen molar-refractivity contribution in [3.8, 4) is 0 Å². The third kappa shape index (κ3) is 3.71. The molecule has 0 radical (unpaired) electrons. The van der Waals surface area contributed by atoms with E-state index in [0.29, 0.717) is 5.02 Å². The van der Waals surface area contributed by atoms with Crippen molar-refractivity contribution >= 4 is 37.3 Å². The van der Waals surface area contributed by atoms with E-state index in [0.717, 1.165) is 10.2 Å². The molecule has 0 amide bonds. The SMILES string of the molecule is O=S(=O)(Nc1cccc(Cl)c1)c1ccn(S(=O)(=O)c2ccccc2)c1. The van der Waals surface area contributed by atoms with E-state index >= 15 is 0 Å². The molecule has 0 saturated heterocycles. The van der Waals surface area contributed by atoms with Gasteiger partial charge in [0.1, 0.15) is 4.90 Å². The summed E-state index contributed by atoms with van der Waals surface area (Å²) in [5.74, 6) is 0. The van der Waals surface area contributed by atoms with Crippen molar-refractivity contribution in [3.05, 3.63) is 78.1 Å². The number of anilines is 1. The number of sulfonamides is 1. The van der Waals surface area contributed by atoms with Crippen LogP contribution in [0.1, 0.15) is 0 Å². The van der Waals surface area contributed by atoms with Crippen LogP contribution in [0.15, 0.2) is 82.8 Å². The molecular weight excluding hydrogens is 384 g/mol. The zero-order valence-electron chi connectivity index (χ0n) is 12.7. The monoisotopic (exact) mass is 396 g/mol. The van der Waals surface area contributed by atoms with Crippen LogP contribution in [0, 0.1) is 0 Å². The molecule has 0 aliphatic heterocycles. The maximum absolute atomic E-state index is 12.5. The molecule has 3 rings (SSSR count). The quantitative estimate of drug-likeness (QED) is 0.717. The number of aromatic nitrogens is 1. The maximum Gasteiger partial charge on any atom is 0.267 e. The Kier molecular flexibility index (Phi) is 4.59. The third-order valence-electron chi connectivity index (χ3n) is 3.35. The lowest BCUT2D eigenvalue weighted by molar-refractivity contribution is 0.587. The summed E-state index contributed by atoms with van der Waals surface area (Å²) in [6, 6.07) is 15.2. The van der Waals surface area contributed by atoms with Crippen LogP contribution in [0.4, 0.5) is 5.69 Å². The van der Waals surface area contributed by atoms with Crippen LogP contribution >= 0.6 is 11.6 Å². The first kappa shape index (κ1) is 17.5. The first-order valence-electron chi connectivity index (χ1n) is 7.06. The van der Waals surface area contributed by atoms with Gasteiger partial charge in [0, 0.05) is 17.4 Å². The second-order valence-electron chi connectivity index (χ2n) is 5.11. The zero-order valence-corrected chi connectivity index (χ0v) is 15.1. The van der Waals surface area contributed by atoms with Gasteiger partial charge < -0.3 is 0 Å². The second-order valence-corrected chi connectivity index (χ2v) is 9.07. The molecule has 0 unspecified atom stereocenters. The number of benzene rings is 2. The first-order chi connectivity index (χ1) is 11.8. The molecule has 25 heavy (non-hydrogen) atoms. The minimum absolute atomic E-state index is 0.0670. The van der Waals surface area contributed by atoms with Gasteiger partial charge in [-0.2, -0.15) is 0 Å². The predicted molar refractivity (Wildman–Crippen MR) is 95.7 cm³/mol. The highest BCUT2D eigenvalue weighted by Gasteiger charge is 2.21. The van der Waals surface area contributed by atoms with Crippen LogP contribution in [0.5, 0.6) is 0 Å². The molecular formula is C16H13ClN2O4S2. The average Bonchev–Trinajstić information content (AvgIpc) is 3.07. The van der Waals surface area contributed by atoms with Gasteiger partial charge in [0.2, 0.25) is 0 Å². The smallest absolute Gasteiger partial charge is 0.267 e. The first-order valence-corrected chi connectivity index (χ1v) is 10.4. The van der Waals surface area contributed by atoms with Crippen molar-refractivity contribution < 1.29 is 16.8 Å². The Morgan fingerprint density at radius 2 is 1.56 bits per heavy atom. The van der Waals surface area contributed by atoms with Crippen LogP contribution in [0.2, 0.25) is 5.02 Å². The van der Waals surface area contributed by atoms with Gasteiger partial charge >= 0.3 is 0 Å². The lowest BCUT2D eigenvalue weighted by Gasteiger charge is -2.07. The summed E-state index contributed by atoms with van der Waals surface area (Å²) >= 11 is 5.83. The van der Waals surface area contributed by atoms with Crippen molar-refractivity contribution in [3.63, 3.8) is 0 Å². The number of hydrogen-bond donors (Lipinski definition) is 1. The van der Waals surface area contributed by atoms with Gasteiger partial charge in [0.15, 0.2) is 0 Å². The van der Waals surface area contributed by atoms with Gasteiger partial charge in [-0.25, -0.2) is 20.8 Å². The molecule has 130 valence electrons. The van der Waals surface area contributed by atoms with Crippen LogP contribution in [-0.2, 0) is 20.0 Å². The minimum atomic E-state index is -3.95. The van der Waals surface area contributed by atoms with Gasteiger partial charge in [-0.15, -0.1) is 0 Å². The van der Waals surface area contributed by atoms with E-state index in [1.165, 1.54) is 30.5 Å². The standard InChI is InChI=1S/C16H13ClN2O4S2/c17-13-5-4-6-14(11-13)18-24(20,21)16-9-10-19(12-16)25(22,23)15-7-2-1-3-8-15/h1-12,18H. The van der Waals surface area contributed by atoms with E-state index in [-0.39, 0.29) is 15.5 Å². The van der Waals surface area contributed by atoms with Gasteiger partial charge in [-0.05, 0) is 36.4 Å². The fraction of sp³-hybridized carbons (Fsp3) is 0. The largest absolute Gasteiger partial charge is 0.280 e. The molecule has 1 N–H and O–H groups in total. The summed E-state index contributed by atoms with van der Waals surface area (Å²) in [4.78, 5) is -0.107. The molecule has 0 bridgehead atoms. The molecule has 0 spiro atoms. The Labute approximate surface area is 150 Å². The molecule has 0 aliphatic rings. The van der Waals surface area contributed by atoms with Crippen molar-refractivity contribution in [2.24, 2.45) is 0 Å². The maximum atomic E-state index is 12.5. The van der Waals surface area contributed by atoms with Crippen LogP contribution in [-0.4, -0.2) is 20.8 Å². The number of nitrogens with zero attached hydrogens (tertiary/aromatic N) is 1. The second kappa shape index (κ2) is 6.55. The van der Waals surface area contributed by atoms with Crippen molar-refractivity contribution in [2.75, 3.05) is 4.72 Å². The molecule has 0 fully saturated rings. The van der Waals surface area contributed by atoms with Gasteiger partial charge in [-0.1, -0.05) is 35.9 Å².